The molecule has 0 saturated heterocycles. The van der Waals surface area contributed by atoms with Gasteiger partial charge in [0, 0.05) is 17.0 Å². The van der Waals surface area contributed by atoms with E-state index in [4.69, 9.17) is 17.3 Å². The topological polar surface area (TPSA) is 26.0 Å². The number of nitrogens with two attached hydrogens (primary N) is 1. The number of rotatable bonds is 2. The van der Waals surface area contributed by atoms with Crippen molar-refractivity contribution in [2.24, 2.45) is 5.73 Å². The Balaban J connectivity index is 2.52. The fraction of sp³-hybridized carbons (Fsp3) is 0.500. The highest BCUT2D eigenvalue weighted by Gasteiger charge is 2.43. The van der Waals surface area contributed by atoms with Gasteiger partial charge in [-0.2, -0.15) is 0 Å². The van der Waals surface area contributed by atoms with Gasteiger partial charge in [0.05, 0.1) is 0 Å². The van der Waals surface area contributed by atoms with Crippen molar-refractivity contribution in [3.8, 4) is 0 Å². The fourth-order valence-electron chi connectivity index (χ4n) is 2.10. The lowest BCUT2D eigenvalue weighted by Gasteiger charge is -2.18. The maximum Gasteiger partial charge on any atom is 0.0411 e. The SMILES string of the molecule is Cc1cc(Cl)cc(C2(CN)CC2)c1C. The molecule has 0 radical (unpaired) electrons. The Labute approximate surface area is 90.3 Å². The summed E-state index contributed by atoms with van der Waals surface area (Å²) in [6.07, 6.45) is 2.42. The van der Waals surface area contributed by atoms with E-state index in [2.05, 4.69) is 19.9 Å². The van der Waals surface area contributed by atoms with E-state index in [1.54, 1.807) is 0 Å². The van der Waals surface area contributed by atoms with Crippen molar-refractivity contribution in [2.45, 2.75) is 32.1 Å². The van der Waals surface area contributed by atoms with E-state index in [0.29, 0.717) is 0 Å². The molecule has 0 unspecified atom stereocenters. The minimum Gasteiger partial charge on any atom is -0.330 e. The van der Waals surface area contributed by atoms with Crippen molar-refractivity contribution >= 4 is 11.6 Å². The highest BCUT2D eigenvalue weighted by molar-refractivity contribution is 6.30. The van der Waals surface area contributed by atoms with Gasteiger partial charge in [0.1, 0.15) is 0 Å². The van der Waals surface area contributed by atoms with Gasteiger partial charge in [0.15, 0.2) is 0 Å². The van der Waals surface area contributed by atoms with E-state index in [0.717, 1.165) is 11.6 Å². The molecule has 0 bridgehead atoms. The molecule has 2 heteroatoms. The molecule has 1 saturated carbocycles. The van der Waals surface area contributed by atoms with Crippen LogP contribution in [0.5, 0.6) is 0 Å². The van der Waals surface area contributed by atoms with Crippen LogP contribution in [-0.4, -0.2) is 6.54 Å². The molecule has 76 valence electrons. The summed E-state index contributed by atoms with van der Waals surface area (Å²) in [6, 6.07) is 4.11. The van der Waals surface area contributed by atoms with Gasteiger partial charge in [-0.1, -0.05) is 11.6 Å². The van der Waals surface area contributed by atoms with Crippen molar-refractivity contribution in [3.05, 3.63) is 33.8 Å². The summed E-state index contributed by atoms with van der Waals surface area (Å²) in [5, 5.41) is 0.836. The Morgan fingerprint density at radius 1 is 1.36 bits per heavy atom. The predicted octanol–water partition coefficient (Wildman–Crippen LogP) is 2.95. The highest BCUT2D eigenvalue weighted by Crippen LogP contribution is 2.49. The van der Waals surface area contributed by atoms with Crippen LogP contribution in [0.25, 0.3) is 0 Å². The van der Waals surface area contributed by atoms with Crippen LogP contribution in [0.2, 0.25) is 5.02 Å². The summed E-state index contributed by atoms with van der Waals surface area (Å²) < 4.78 is 0. The van der Waals surface area contributed by atoms with Crippen LogP contribution in [0.15, 0.2) is 12.1 Å². The van der Waals surface area contributed by atoms with Crippen LogP contribution in [0.3, 0.4) is 0 Å². The van der Waals surface area contributed by atoms with Gasteiger partial charge in [-0.15, -0.1) is 0 Å². The predicted molar refractivity (Wildman–Crippen MR) is 60.9 cm³/mol. The summed E-state index contributed by atoms with van der Waals surface area (Å²) in [4.78, 5) is 0. The first kappa shape index (κ1) is 10.0. The zero-order valence-electron chi connectivity index (χ0n) is 8.73. The first-order valence-corrected chi connectivity index (χ1v) is 5.44. The van der Waals surface area contributed by atoms with E-state index < -0.39 is 0 Å². The second-order valence-corrected chi connectivity index (χ2v) is 4.82. The third kappa shape index (κ3) is 1.45. The zero-order chi connectivity index (χ0) is 10.3. The smallest absolute Gasteiger partial charge is 0.0411 e. The van der Waals surface area contributed by atoms with Gasteiger partial charge < -0.3 is 5.73 Å². The molecule has 0 amide bonds. The van der Waals surface area contributed by atoms with E-state index >= 15 is 0 Å². The van der Waals surface area contributed by atoms with Crippen LogP contribution in [0.4, 0.5) is 0 Å². The van der Waals surface area contributed by atoms with Crippen LogP contribution in [0, 0.1) is 13.8 Å². The summed E-state index contributed by atoms with van der Waals surface area (Å²) >= 11 is 6.07. The maximum atomic E-state index is 6.07. The lowest BCUT2D eigenvalue weighted by atomic mass is 9.90. The summed E-state index contributed by atoms with van der Waals surface area (Å²) in [5.74, 6) is 0. The van der Waals surface area contributed by atoms with Gasteiger partial charge in [0.2, 0.25) is 0 Å². The molecule has 0 aromatic heterocycles. The molecule has 2 N–H and O–H groups in total. The molecule has 0 aliphatic heterocycles. The number of hydrogen-bond donors (Lipinski definition) is 1. The molecular formula is C12H16ClN. The maximum absolute atomic E-state index is 6.07. The van der Waals surface area contributed by atoms with Crippen LogP contribution < -0.4 is 5.73 Å². The second-order valence-electron chi connectivity index (χ2n) is 4.38. The van der Waals surface area contributed by atoms with Gasteiger partial charge >= 0.3 is 0 Å². The Hall–Kier alpha value is -0.530. The molecule has 0 atom stereocenters. The van der Waals surface area contributed by atoms with Gasteiger partial charge in [-0.3, -0.25) is 0 Å². The number of benzene rings is 1. The number of hydrogen-bond acceptors (Lipinski definition) is 1. The van der Waals surface area contributed by atoms with Gasteiger partial charge in [-0.05, 0) is 55.5 Å². The normalized spacial score (nSPS) is 18.3. The van der Waals surface area contributed by atoms with E-state index in [9.17, 15) is 0 Å². The second kappa shape index (κ2) is 3.25. The average Bonchev–Trinajstić information content (AvgIpc) is 2.92. The number of aryl methyl sites for hydroxylation is 1. The van der Waals surface area contributed by atoms with E-state index in [-0.39, 0.29) is 5.41 Å². The van der Waals surface area contributed by atoms with E-state index in [1.165, 1.54) is 29.5 Å². The van der Waals surface area contributed by atoms with Crippen LogP contribution in [-0.2, 0) is 5.41 Å². The third-order valence-electron chi connectivity index (χ3n) is 3.45. The molecule has 0 spiro atoms. The van der Waals surface area contributed by atoms with Gasteiger partial charge in [-0.25, -0.2) is 0 Å². The molecule has 0 heterocycles. The lowest BCUT2D eigenvalue weighted by Crippen LogP contribution is -2.21. The first-order valence-electron chi connectivity index (χ1n) is 5.06. The molecule has 1 nitrogen and oxygen atoms in total. The fourth-order valence-corrected chi connectivity index (χ4v) is 2.37. The highest BCUT2D eigenvalue weighted by atomic mass is 35.5. The molecule has 2 rings (SSSR count). The summed E-state index contributed by atoms with van der Waals surface area (Å²) in [5.41, 5.74) is 10.1. The van der Waals surface area contributed by atoms with Crippen molar-refractivity contribution in [1.82, 2.24) is 0 Å². The van der Waals surface area contributed by atoms with Crippen molar-refractivity contribution in [2.75, 3.05) is 6.54 Å². The van der Waals surface area contributed by atoms with Crippen LogP contribution >= 0.6 is 11.6 Å². The van der Waals surface area contributed by atoms with E-state index in [1.807, 2.05) is 6.07 Å². The minimum absolute atomic E-state index is 0.250. The molecule has 1 aromatic carbocycles. The molecule has 1 aromatic rings. The van der Waals surface area contributed by atoms with Crippen molar-refractivity contribution in [1.29, 1.82) is 0 Å². The molecular weight excluding hydrogens is 194 g/mol. The van der Waals surface area contributed by atoms with Crippen molar-refractivity contribution in [3.63, 3.8) is 0 Å². The lowest BCUT2D eigenvalue weighted by molar-refractivity contribution is 0.698. The Kier molecular flexibility index (Phi) is 2.32. The minimum atomic E-state index is 0.250. The monoisotopic (exact) mass is 209 g/mol. The molecule has 14 heavy (non-hydrogen) atoms. The number of halogens is 1. The largest absolute Gasteiger partial charge is 0.330 e. The Bertz CT molecular complexity index is 367. The van der Waals surface area contributed by atoms with Crippen molar-refractivity contribution < 1.29 is 0 Å². The quantitative estimate of drug-likeness (QED) is 0.797. The molecule has 1 fully saturated rings. The zero-order valence-corrected chi connectivity index (χ0v) is 9.49. The third-order valence-corrected chi connectivity index (χ3v) is 3.67. The summed E-state index contributed by atoms with van der Waals surface area (Å²) in [6.45, 7) is 5.02. The first-order chi connectivity index (χ1) is 6.59. The Morgan fingerprint density at radius 2 is 2.00 bits per heavy atom. The standard InChI is InChI=1S/C12H16ClN/c1-8-5-10(13)6-11(9(8)2)12(7-14)3-4-12/h5-6H,3-4,7,14H2,1-2H3. The Morgan fingerprint density at radius 3 is 2.50 bits per heavy atom. The molecule has 1 aliphatic carbocycles. The van der Waals surface area contributed by atoms with Crippen LogP contribution in [0.1, 0.15) is 29.5 Å². The summed E-state index contributed by atoms with van der Waals surface area (Å²) in [7, 11) is 0. The molecule has 1 aliphatic rings. The van der Waals surface area contributed by atoms with Gasteiger partial charge in [0.25, 0.3) is 0 Å². The average molecular weight is 210 g/mol.